The van der Waals surface area contributed by atoms with E-state index in [9.17, 15) is 0 Å². The molecule has 1 N–H and O–H groups in total. The summed E-state index contributed by atoms with van der Waals surface area (Å²) in [6.07, 6.45) is 0.936. The molecule has 4 nitrogen and oxygen atoms in total. The second-order valence-corrected chi connectivity index (χ2v) is 6.11. The summed E-state index contributed by atoms with van der Waals surface area (Å²) in [5.41, 5.74) is 1.23. The SMILES string of the molecule is COCCCOC(CNC(C)(C)C)c1ccc(OC)cc1. The summed E-state index contributed by atoms with van der Waals surface area (Å²) in [5, 5.41) is 3.50. The fourth-order valence-corrected chi connectivity index (χ4v) is 1.92. The molecule has 0 aliphatic rings. The van der Waals surface area contributed by atoms with Crippen LogP contribution in [0.25, 0.3) is 0 Å². The molecule has 0 heterocycles. The Labute approximate surface area is 128 Å². The second-order valence-electron chi connectivity index (χ2n) is 6.11. The summed E-state index contributed by atoms with van der Waals surface area (Å²) in [7, 11) is 3.39. The van der Waals surface area contributed by atoms with Crippen LogP contribution in [0.15, 0.2) is 24.3 Å². The van der Waals surface area contributed by atoms with Gasteiger partial charge in [-0.05, 0) is 44.9 Å². The minimum absolute atomic E-state index is 0.0342. The highest BCUT2D eigenvalue weighted by atomic mass is 16.5. The van der Waals surface area contributed by atoms with Crippen LogP contribution < -0.4 is 10.1 Å². The molecule has 1 aromatic rings. The molecule has 0 aromatic heterocycles. The van der Waals surface area contributed by atoms with Crippen molar-refractivity contribution >= 4 is 0 Å². The van der Waals surface area contributed by atoms with Gasteiger partial charge >= 0.3 is 0 Å². The summed E-state index contributed by atoms with van der Waals surface area (Å²) >= 11 is 0. The number of hydrogen-bond acceptors (Lipinski definition) is 4. The highest BCUT2D eigenvalue weighted by Crippen LogP contribution is 2.21. The third-order valence-electron chi connectivity index (χ3n) is 3.12. The van der Waals surface area contributed by atoms with Crippen LogP contribution in [0.5, 0.6) is 5.75 Å². The van der Waals surface area contributed by atoms with Crippen molar-refractivity contribution in [1.82, 2.24) is 5.32 Å². The fraction of sp³-hybridized carbons (Fsp3) is 0.647. The first kappa shape index (κ1) is 18.0. The summed E-state index contributed by atoms with van der Waals surface area (Å²) in [6.45, 7) is 8.66. The van der Waals surface area contributed by atoms with Gasteiger partial charge in [0.1, 0.15) is 5.75 Å². The average molecular weight is 295 g/mol. The van der Waals surface area contributed by atoms with E-state index in [1.807, 2.05) is 12.1 Å². The molecule has 0 aliphatic carbocycles. The minimum atomic E-state index is 0.0342. The van der Waals surface area contributed by atoms with Gasteiger partial charge in [0, 0.05) is 32.4 Å². The van der Waals surface area contributed by atoms with Gasteiger partial charge in [0.25, 0.3) is 0 Å². The zero-order chi connectivity index (χ0) is 15.7. The van der Waals surface area contributed by atoms with Crippen molar-refractivity contribution < 1.29 is 14.2 Å². The Hall–Kier alpha value is -1.10. The van der Waals surface area contributed by atoms with Crippen molar-refractivity contribution in [3.8, 4) is 5.75 Å². The van der Waals surface area contributed by atoms with Gasteiger partial charge in [-0.3, -0.25) is 0 Å². The quantitative estimate of drug-likeness (QED) is 0.710. The number of ether oxygens (including phenoxy) is 3. The van der Waals surface area contributed by atoms with Crippen LogP contribution in [0, 0.1) is 0 Å². The molecule has 0 fully saturated rings. The van der Waals surface area contributed by atoms with Gasteiger partial charge in [-0.1, -0.05) is 12.1 Å². The lowest BCUT2D eigenvalue weighted by Crippen LogP contribution is -2.39. The van der Waals surface area contributed by atoms with E-state index >= 15 is 0 Å². The van der Waals surface area contributed by atoms with Crippen LogP contribution in [0.1, 0.15) is 38.9 Å². The van der Waals surface area contributed by atoms with Gasteiger partial charge in [-0.2, -0.15) is 0 Å². The molecular formula is C17H29NO3. The Morgan fingerprint density at radius 3 is 2.24 bits per heavy atom. The molecule has 1 unspecified atom stereocenters. The number of hydrogen-bond donors (Lipinski definition) is 1. The van der Waals surface area contributed by atoms with E-state index in [2.05, 4.69) is 38.2 Å². The highest BCUT2D eigenvalue weighted by molar-refractivity contribution is 5.28. The monoisotopic (exact) mass is 295 g/mol. The predicted molar refractivity (Wildman–Crippen MR) is 85.9 cm³/mol. The van der Waals surface area contributed by atoms with Crippen LogP contribution in [0.3, 0.4) is 0 Å². The number of methoxy groups -OCH3 is 2. The zero-order valence-corrected chi connectivity index (χ0v) is 13.9. The van der Waals surface area contributed by atoms with E-state index < -0.39 is 0 Å². The summed E-state index contributed by atoms with van der Waals surface area (Å²) in [4.78, 5) is 0. The zero-order valence-electron chi connectivity index (χ0n) is 13.9. The highest BCUT2D eigenvalue weighted by Gasteiger charge is 2.16. The van der Waals surface area contributed by atoms with E-state index in [0.29, 0.717) is 6.61 Å². The van der Waals surface area contributed by atoms with Crippen molar-refractivity contribution in [1.29, 1.82) is 0 Å². The molecule has 0 spiro atoms. The molecule has 0 radical (unpaired) electrons. The molecule has 120 valence electrons. The van der Waals surface area contributed by atoms with Crippen molar-refractivity contribution in [3.63, 3.8) is 0 Å². The first-order valence-corrected chi connectivity index (χ1v) is 7.46. The van der Waals surface area contributed by atoms with E-state index in [4.69, 9.17) is 14.2 Å². The molecule has 0 amide bonds. The molecule has 0 saturated carbocycles. The molecule has 0 saturated heterocycles. The molecule has 4 heteroatoms. The first-order chi connectivity index (χ1) is 9.96. The van der Waals surface area contributed by atoms with Crippen molar-refractivity contribution in [3.05, 3.63) is 29.8 Å². The molecule has 1 aromatic carbocycles. The van der Waals surface area contributed by atoms with E-state index in [0.717, 1.165) is 30.9 Å². The Bertz CT molecular complexity index is 384. The van der Waals surface area contributed by atoms with Gasteiger partial charge in [-0.25, -0.2) is 0 Å². The van der Waals surface area contributed by atoms with Gasteiger partial charge in [-0.15, -0.1) is 0 Å². The summed E-state index contributed by atoms with van der Waals surface area (Å²) in [6, 6.07) is 8.06. The Balaban J connectivity index is 2.64. The van der Waals surface area contributed by atoms with E-state index in [1.165, 1.54) is 0 Å². The lowest BCUT2D eigenvalue weighted by molar-refractivity contribution is 0.0353. The van der Waals surface area contributed by atoms with Gasteiger partial charge in [0.2, 0.25) is 0 Å². The fourth-order valence-electron chi connectivity index (χ4n) is 1.92. The van der Waals surface area contributed by atoms with Crippen LogP contribution in [-0.4, -0.2) is 39.5 Å². The van der Waals surface area contributed by atoms with E-state index in [-0.39, 0.29) is 11.6 Å². The lowest BCUT2D eigenvalue weighted by Gasteiger charge is -2.26. The first-order valence-electron chi connectivity index (χ1n) is 7.46. The molecule has 0 bridgehead atoms. The van der Waals surface area contributed by atoms with Gasteiger partial charge in [0.05, 0.1) is 13.2 Å². The van der Waals surface area contributed by atoms with Crippen molar-refractivity contribution in [2.75, 3.05) is 34.0 Å². The maximum atomic E-state index is 6.02. The topological polar surface area (TPSA) is 39.7 Å². The molecule has 1 rings (SSSR count). The minimum Gasteiger partial charge on any atom is -0.497 e. The third-order valence-corrected chi connectivity index (χ3v) is 3.12. The second kappa shape index (κ2) is 9.03. The van der Waals surface area contributed by atoms with Crippen molar-refractivity contribution in [2.24, 2.45) is 0 Å². The average Bonchev–Trinajstić information content (AvgIpc) is 2.46. The Morgan fingerprint density at radius 2 is 1.71 bits per heavy atom. The molecule has 0 aliphatic heterocycles. The number of rotatable bonds is 9. The maximum absolute atomic E-state index is 6.02. The van der Waals surface area contributed by atoms with Crippen LogP contribution in [0.2, 0.25) is 0 Å². The van der Waals surface area contributed by atoms with Crippen LogP contribution >= 0.6 is 0 Å². The molecule has 21 heavy (non-hydrogen) atoms. The third kappa shape index (κ3) is 7.46. The Morgan fingerprint density at radius 1 is 1.05 bits per heavy atom. The summed E-state index contributed by atoms with van der Waals surface area (Å²) in [5.74, 6) is 0.862. The molecule has 1 atom stereocenters. The number of nitrogens with one attached hydrogen (secondary N) is 1. The van der Waals surface area contributed by atoms with E-state index in [1.54, 1.807) is 14.2 Å². The Kier molecular flexibility index (Phi) is 7.72. The summed E-state index contributed by atoms with van der Waals surface area (Å²) < 4.78 is 16.3. The normalized spacial score (nSPS) is 13.2. The largest absolute Gasteiger partial charge is 0.497 e. The smallest absolute Gasteiger partial charge is 0.118 e. The maximum Gasteiger partial charge on any atom is 0.118 e. The predicted octanol–water partition coefficient (Wildman–Crippen LogP) is 3.18. The van der Waals surface area contributed by atoms with Crippen molar-refractivity contribution in [2.45, 2.75) is 38.8 Å². The van der Waals surface area contributed by atoms with Crippen LogP contribution in [-0.2, 0) is 9.47 Å². The van der Waals surface area contributed by atoms with Gasteiger partial charge in [0.15, 0.2) is 0 Å². The lowest BCUT2D eigenvalue weighted by atomic mass is 10.1. The number of benzene rings is 1. The van der Waals surface area contributed by atoms with Gasteiger partial charge < -0.3 is 19.5 Å². The standard InChI is InChI=1S/C17H29NO3/c1-17(2,3)18-13-16(21-12-6-11-19-4)14-7-9-15(20-5)10-8-14/h7-10,16,18H,6,11-13H2,1-5H3. The van der Waals surface area contributed by atoms with Crippen LogP contribution in [0.4, 0.5) is 0 Å². The molecular weight excluding hydrogens is 266 g/mol.